The first-order chi connectivity index (χ1) is 5.75. The Kier molecular flexibility index (Phi) is 3.86. The first-order valence-electron chi connectivity index (χ1n) is 4.61. The van der Waals surface area contributed by atoms with E-state index in [1.165, 1.54) is 12.8 Å². The van der Waals surface area contributed by atoms with E-state index in [4.69, 9.17) is 11.6 Å². The summed E-state index contributed by atoms with van der Waals surface area (Å²) in [6.07, 6.45) is 4.75. The van der Waals surface area contributed by atoms with Crippen LogP contribution in [0.25, 0.3) is 0 Å². The zero-order valence-electron chi connectivity index (χ0n) is 7.55. The zero-order valence-corrected chi connectivity index (χ0v) is 8.31. The molecule has 0 radical (unpaired) electrons. The molecule has 2 nitrogen and oxygen atoms in total. The standard InChI is InChI=1S/C9H16ClNO/c1-8-5-3-2-4-6-11(8)9(12)7-10/h8H,2-7H2,1H3. The van der Waals surface area contributed by atoms with Crippen LogP contribution in [0, 0.1) is 0 Å². The van der Waals surface area contributed by atoms with Gasteiger partial charge in [0, 0.05) is 12.6 Å². The van der Waals surface area contributed by atoms with Gasteiger partial charge >= 0.3 is 0 Å². The lowest BCUT2D eigenvalue weighted by Crippen LogP contribution is -2.38. The van der Waals surface area contributed by atoms with Crippen LogP contribution >= 0.6 is 11.6 Å². The zero-order chi connectivity index (χ0) is 8.97. The smallest absolute Gasteiger partial charge is 0.237 e. The molecule has 1 aliphatic heterocycles. The van der Waals surface area contributed by atoms with Crippen LogP contribution in [0.2, 0.25) is 0 Å². The van der Waals surface area contributed by atoms with Gasteiger partial charge in [0.1, 0.15) is 5.88 Å². The minimum absolute atomic E-state index is 0.0890. The minimum atomic E-state index is 0.0890. The average molecular weight is 190 g/mol. The number of hydrogen-bond donors (Lipinski definition) is 0. The summed E-state index contributed by atoms with van der Waals surface area (Å²) in [5.41, 5.74) is 0. The average Bonchev–Trinajstić information content (AvgIpc) is 2.28. The van der Waals surface area contributed by atoms with Crippen LogP contribution in [0.3, 0.4) is 0 Å². The summed E-state index contributed by atoms with van der Waals surface area (Å²) in [5, 5.41) is 0. The lowest BCUT2D eigenvalue weighted by molar-refractivity contribution is -0.130. The molecule has 1 unspecified atom stereocenters. The Balaban J connectivity index is 2.52. The Labute approximate surface area is 78.9 Å². The maximum Gasteiger partial charge on any atom is 0.237 e. The van der Waals surface area contributed by atoms with Crippen molar-refractivity contribution in [2.75, 3.05) is 12.4 Å². The van der Waals surface area contributed by atoms with E-state index >= 15 is 0 Å². The van der Waals surface area contributed by atoms with Gasteiger partial charge in [0.2, 0.25) is 5.91 Å². The van der Waals surface area contributed by atoms with E-state index < -0.39 is 0 Å². The quantitative estimate of drug-likeness (QED) is 0.578. The fourth-order valence-electron chi connectivity index (χ4n) is 1.72. The third-order valence-corrected chi connectivity index (χ3v) is 2.72. The molecule has 0 saturated carbocycles. The van der Waals surface area contributed by atoms with Gasteiger partial charge in [0.25, 0.3) is 0 Å². The third kappa shape index (κ3) is 2.37. The van der Waals surface area contributed by atoms with Crippen LogP contribution in [-0.2, 0) is 4.79 Å². The van der Waals surface area contributed by atoms with Crippen molar-refractivity contribution in [2.24, 2.45) is 0 Å². The third-order valence-electron chi connectivity index (χ3n) is 2.49. The molecular formula is C9H16ClNO. The highest BCUT2D eigenvalue weighted by atomic mass is 35.5. The number of hydrogen-bond acceptors (Lipinski definition) is 1. The Bertz CT molecular complexity index is 161. The topological polar surface area (TPSA) is 20.3 Å². The molecular weight excluding hydrogens is 174 g/mol. The maximum atomic E-state index is 11.3. The van der Waals surface area contributed by atoms with Gasteiger partial charge in [-0.15, -0.1) is 11.6 Å². The summed E-state index contributed by atoms with van der Waals surface area (Å²) in [7, 11) is 0. The van der Waals surface area contributed by atoms with E-state index in [0.717, 1.165) is 19.4 Å². The summed E-state index contributed by atoms with van der Waals surface area (Å²) in [6, 6.07) is 0.388. The van der Waals surface area contributed by atoms with Crippen LogP contribution in [0.15, 0.2) is 0 Å². The summed E-state index contributed by atoms with van der Waals surface area (Å²) in [4.78, 5) is 13.2. The molecule has 1 heterocycles. The molecule has 12 heavy (non-hydrogen) atoms. The summed E-state index contributed by atoms with van der Waals surface area (Å²) in [5.74, 6) is 0.218. The summed E-state index contributed by atoms with van der Waals surface area (Å²) >= 11 is 5.51. The first-order valence-corrected chi connectivity index (χ1v) is 5.14. The van der Waals surface area contributed by atoms with Gasteiger partial charge in [-0.05, 0) is 19.8 Å². The lowest BCUT2D eigenvalue weighted by atomic mass is 10.1. The predicted molar refractivity (Wildman–Crippen MR) is 50.4 cm³/mol. The minimum Gasteiger partial charge on any atom is -0.339 e. The fourth-order valence-corrected chi connectivity index (χ4v) is 1.88. The largest absolute Gasteiger partial charge is 0.339 e. The fraction of sp³-hybridized carbons (Fsp3) is 0.889. The SMILES string of the molecule is CC1CCCCCN1C(=O)CCl. The molecule has 0 aromatic carbocycles. The highest BCUT2D eigenvalue weighted by Crippen LogP contribution is 2.16. The molecule has 3 heteroatoms. The van der Waals surface area contributed by atoms with Gasteiger partial charge in [-0.3, -0.25) is 4.79 Å². The van der Waals surface area contributed by atoms with Gasteiger partial charge in [-0.1, -0.05) is 12.8 Å². The number of likely N-dealkylation sites (tertiary alicyclic amines) is 1. The second-order valence-electron chi connectivity index (χ2n) is 3.42. The van der Waals surface area contributed by atoms with Crippen molar-refractivity contribution in [2.45, 2.75) is 38.6 Å². The van der Waals surface area contributed by atoms with Crippen molar-refractivity contribution < 1.29 is 4.79 Å². The molecule has 1 rings (SSSR count). The summed E-state index contributed by atoms with van der Waals surface area (Å²) < 4.78 is 0. The first kappa shape index (κ1) is 9.85. The second-order valence-corrected chi connectivity index (χ2v) is 3.69. The molecule has 0 aromatic rings. The van der Waals surface area contributed by atoms with E-state index in [-0.39, 0.29) is 11.8 Å². The van der Waals surface area contributed by atoms with Gasteiger partial charge in [0.05, 0.1) is 0 Å². The molecule has 70 valence electrons. The Morgan fingerprint density at radius 3 is 2.92 bits per heavy atom. The molecule has 0 aromatic heterocycles. The molecule has 0 spiro atoms. The van der Waals surface area contributed by atoms with Crippen LogP contribution in [0.5, 0.6) is 0 Å². The Hall–Kier alpha value is -0.240. The number of rotatable bonds is 1. The molecule has 1 atom stereocenters. The highest BCUT2D eigenvalue weighted by Gasteiger charge is 2.20. The molecule has 1 saturated heterocycles. The second kappa shape index (κ2) is 4.70. The number of nitrogens with zero attached hydrogens (tertiary/aromatic N) is 1. The Morgan fingerprint density at radius 1 is 1.50 bits per heavy atom. The van der Waals surface area contributed by atoms with Gasteiger partial charge in [-0.25, -0.2) is 0 Å². The molecule has 0 bridgehead atoms. The van der Waals surface area contributed by atoms with E-state index in [0.29, 0.717) is 6.04 Å². The monoisotopic (exact) mass is 189 g/mol. The molecule has 0 aliphatic carbocycles. The summed E-state index contributed by atoms with van der Waals surface area (Å²) in [6.45, 7) is 3.00. The van der Waals surface area contributed by atoms with Crippen LogP contribution in [0.4, 0.5) is 0 Å². The normalized spacial score (nSPS) is 25.2. The van der Waals surface area contributed by atoms with Crippen LogP contribution in [0.1, 0.15) is 32.6 Å². The van der Waals surface area contributed by atoms with Crippen molar-refractivity contribution in [1.82, 2.24) is 4.90 Å². The molecule has 1 aliphatic rings. The Morgan fingerprint density at radius 2 is 2.25 bits per heavy atom. The van der Waals surface area contributed by atoms with Crippen molar-refractivity contribution in [1.29, 1.82) is 0 Å². The maximum absolute atomic E-state index is 11.3. The van der Waals surface area contributed by atoms with E-state index in [1.807, 2.05) is 4.90 Å². The van der Waals surface area contributed by atoms with Crippen LogP contribution in [-0.4, -0.2) is 29.3 Å². The van der Waals surface area contributed by atoms with E-state index in [9.17, 15) is 4.79 Å². The number of carbonyl (C=O) groups is 1. The van der Waals surface area contributed by atoms with Crippen molar-refractivity contribution in [3.63, 3.8) is 0 Å². The van der Waals surface area contributed by atoms with Gasteiger partial charge in [0.15, 0.2) is 0 Å². The van der Waals surface area contributed by atoms with Crippen LogP contribution < -0.4 is 0 Å². The van der Waals surface area contributed by atoms with Gasteiger partial charge < -0.3 is 4.90 Å². The predicted octanol–water partition coefficient (Wildman–Crippen LogP) is 2.02. The van der Waals surface area contributed by atoms with E-state index in [1.54, 1.807) is 0 Å². The number of halogens is 1. The molecule has 1 amide bonds. The van der Waals surface area contributed by atoms with Crippen molar-refractivity contribution >= 4 is 17.5 Å². The number of alkyl halides is 1. The number of carbonyl (C=O) groups excluding carboxylic acids is 1. The molecule has 1 fully saturated rings. The number of amides is 1. The van der Waals surface area contributed by atoms with E-state index in [2.05, 4.69) is 6.92 Å². The van der Waals surface area contributed by atoms with Crippen molar-refractivity contribution in [3.8, 4) is 0 Å². The van der Waals surface area contributed by atoms with Gasteiger partial charge in [-0.2, -0.15) is 0 Å². The lowest BCUT2D eigenvalue weighted by Gasteiger charge is -2.26. The highest BCUT2D eigenvalue weighted by molar-refractivity contribution is 6.27. The van der Waals surface area contributed by atoms with Crippen molar-refractivity contribution in [3.05, 3.63) is 0 Å². The molecule has 0 N–H and O–H groups in total.